The Balaban J connectivity index is 2.25. The Hall–Kier alpha value is -0.770. The van der Waals surface area contributed by atoms with Gasteiger partial charge in [0.2, 0.25) is 0 Å². The highest BCUT2D eigenvalue weighted by Gasteiger charge is 2.01. The van der Waals surface area contributed by atoms with Crippen molar-refractivity contribution < 1.29 is 4.74 Å². The smallest absolute Gasteiger partial charge is 0.137 e. The molecule has 0 radical (unpaired) electrons. The molecule has 0 saturated carbocycles. The number of methoxy groups -OCH3 is 1. The van der Waals surface area contributed by atoms with Gasteiger partial charge in [-0.25, -0.2) is 0 Å². The third-order valence-corrected chi connectivity index (χ3v) is 2.88. The van der Waals surface area contributed by atoms with Crippen LogP contribution in [0.3, 0.4) is 0 Å². The lowest BCUT2D eigenvalue weighted by molar-refractivity contribution is 0.415. The maximum absolute atomic E-state index is 6.06. The van der Waals surface area contributed by atoms with Crippen molar-refractivity contribution >= 4 is 11.6 Å². The lowest BCUT2D eigenvalue weighted by Crippen LogP contribution is -2.21. The van der Waals surface area contributed by atoms with Crippen LogP contribution in [0.2, 0.25) is 5.02 Å². The molecule has 2 N–H and O–H groups in total. The first-order chi connectivity index (χ1) is 8.27. The second kappa shape index (κ2) is 8.34. The molecule has 0 amide bonds. The normalized spacial score (nSPS) is 10.5. The van der Waals surface area contributed by atoms with Crippen LogP contribution in [0.1, 0.15) is 12.0 Å². The maximum atomic E-state index is 6.06. The molecule has 0 unspecified atom stereocenters. The Labute approximate surface area is 109 Å². The van der Waals surface area contributed by atoms with Gasteiger partial charge in [-0.05, 0) is 57.2 Å². The molecule has 1 aromatic carbocycles. The zero-order chi connectivity index (χ0) is 12.5. The Morgan fingerprint density at radius 1 is 1.24 bits per heavy atom. The molecule has 0 aromatic heterocycles. The van der Waals surface area contributed by atoms with Crippen LogP contribution >= 0.6 is 11.6 Å². The van der Waals surface area contributed by atoms with Crippen LogP contribution in [-0.2, 0) is 6.42 Å². The minimum Gasteiger partial charge on any atom is -0.495 e. The molecule has 0 fully saturated rings. The van der Waals surface area contributed by atoms with Gasteiger partial charge in [0.05, 0.1) is 12.1 Å². The van der Waals surface area contributed by atoms with Crippen molar-refractivity contribution in [2.75, 3.05) is 33.8 Å². The van der Waals surface area contributed by atoms with Crippen LogP contribution in [0.4, 0.5) is 0 Å². The molecule has 0 saturated heterocycles. The summed E-state index contributed by atoms with van der Waals surface area (Å²) in [6.07, 6.45) is 2.14. The molecule has 0 spiro atoms. The summed E-state index contributed by atoms with van der Waals surface area (Å²) in [6.45, 7) is 3.08. The number of hydrogen-bond donors (Lipinski definition) is 2. The molecule has 0 atom stereocenters. The van der Waals surface area contributed by atoms with Crippen LogP contribution in [0.15, 0.2) is 18.2 Å². The van der Waals surface area contributed by atoms with E-state index in [1.807, 2.05) is 19.2 Å². The van der Waals surface area contributed by atoms with Crippen molar-refractivity contribution in [2.45, 2.75) is 12.8 Å². The number of rotatable bonds is 8. The Morgan fingerprint density at radius 3 is 2.71 bits per heavy atom. The molecule has 4 heteroatoms. The lowest BCUT2D eigenvalue weighted by atomic mass is 10.1. The van der Waals surface area contributed by atoms with Crippen molar-refractivity contribution in [3.8, 4) is 5.75 Å². The first kappa shape index (κ1) is 14.3. The summed E-state index contributed by atoms with van der Waals surface area (Å²) in [5.41, 5.74) is 1.23. The van der Waals surface area contributed by atoms with Crippen LogP contribution in [0.25, 0.3) is 0 Å². The number of nitrogens with one attached hydrogen (secondary N) is 2. The van der Waals surface area contributed by atoms with Crippen molar-refractivity contribution in [3.63, 3.8) is 0 Å². The highest BCUT2D eigenvalue weighted by molar-refractivity contribution is 6.32. The van der Waals surface area contributed by atoms with E-state index in [0.717, 1.165) is 38.2 Å². The topological polar surface area (TPSA) is 33.3 Å². The fourth-order valence-corrected chi connectivity index (χ4v) is 1.89. The quantitative estimate of drug-likeness (QED) is 0.699. The maximum Gasteiger partial charge on any atom is 0.137 e. The van der Waals surface area contributed by atoms with Gasteiger partial charge in [-0.15, -0.1) is 0 Å². The molecular weight excluding hydrogens is 236 g/mol. The van der Waals surface area contributed by atoms with Crippen LogP contribution in [0.5, 0.6) is 5.75 Å². The lowest BCUT2D eigenvalue weighted by Gasteiger charge is -2.07. The second-order valence-corrected chi connectivity index (χ2v) is 4.33. The SMILES string of the molecule is CNCCCNCCc1ccc(OC)c(Cl)c1. The minimum absolute atomic E-state index is 0.681. The number of halogens is 1. The Bertz CT molecular complexity index is 331. The molecule has 0 bridgehead atoms. The van der Waals surface area contributed by atoms with Gasteiger partial charge < -0.3 is 15.4 Å². The first-order valence-corrected chi connectivity index (χ1v) is 6.33. The van der Waals surface area contributed by atoms with E-state index in [1.54, 1.807) is 7.11 Å². The largest absolute Gasteiger partial charge is 0.495 e. The Morgan fingerprint density at radius 2 is 2.06 bits per heavy atom. The van der Waals surface area contributed by atoms with Gasteiger partial charge >= 0.3 is 0 Å². The summed E-state index contributed by atoms with van der Waals surface area (Å²) in [7, 11) is 3.60. The average molecular weight is 257 g/mol. The number of ether oxygens (including phenoxy) is 1. The van der Waals surface area contributed by atoms with Crippen LogP contribution < -0.4 is 15.4 Å². The van der Waals surface area contributed by atoms with Gasteiger partial charge in [0.1, 0.15) is 5.75 Å². The highest BCUT2D eigenvalue weighted by Crippen LogP contribution is 2.24. The van der Waals surface area contributed by atoms with E-state index < -0.39 is 0 Å². The van der Waals surface area contributed by atoms with Crippen molar-refractivity contribution in [1.82, 2.24) is 10.6 Å². The van der Waals surface area contributed by atoms with Crippen molar-refractivity contribution in [2.24, 2.45) is 0 Å². The molecule has 0 aliphatic heterocycles. The van der Waals surface area contributed by atoms with E-state index in [9.17, 15) is 0 Å². The van der Waals surface area contributed by atoms with E-state index in [2.05, 4.69) is 16.7 Å². The molecule has 1 aromatic rings. The molecule has 3 nitrogen and oxygen atoms in total. The summed E-state index contributed by atoms with van der Waals surface area (Å²) in [6, 6.07) is 5.94. The third kappa shape index (κ3) is 5.39. The molecule has 0 aliphatic rings. The fourth-order valence-electron chi connectivity index (χ4n) is 1.61. The summed E-state index contributed by atoms with van der Waals surface area (Å²) in [5.74, 6) is 0.734. The minimum atomic E-state index is 0.681. The Kier molecular flexibility index (Phi) is 7.01. The van der Waals surface area contributed by atoms with Crippen LogP contribution in [0, 0.1) is 0 Å². The van der Waals surface area contributed by atoms with Gasteiger partial charge in [-0.2, -0.15) is 0 Å². The van der Waals surface area contributed by atoms with E-state index in [-0.39, 0.29) is 0 Å². The molecule has 17 heavy (non-hydrogen) atoms. The zero-order valence-electron chi connectivity index (χ0n) is 10.6. The van der Waals surface area contributed by atoms with Gasteiger partial charge in [0.15, 0.2) is 0 Å². The van der Waals surface area contributed by atoms with E-state index in [4.69, 9.17) is 16.3 Å². The highest BCUT2D eigenvalue weighted by atomic mass is 35.5. The van der Waals surface area contributed by atoms with Gasteiger partial charge in [-0.3, -0.25) is 0 Å². The second-order valence-electron chi connectivity index (χ2n) is 3.93. The number of benzene rings is 1. The summed E-state index contributed by atoms with van der Waals surface area (Å²) < 4.78 is 5.12. The summed E-state index contributed by atoms with van der Waals surface area (Å²) in [5, 5.41) is 7.21. The zero-order valence-corrected chi connectivity index (χ0v) is 11.3. The molecule has 0 heterocycles. The molecule has 1 rings (SSSR count). The summed E-state index contributed by atoms with van der Waals surface area (Å²) in [4.78, 5) is 0. The molecular formula is C13H21ClN2O. The van der Waals surface area contributed by atoms with Crippen LogP contribution in [-0.4, -0.2) is 33.8 Å². The van der Waals surface area contributed by atoms with Gasteiger partial charge in [-0.1, -0.05) is 17.7 Å². The third-order valence-electron chi connectivity index (χ3n) is 2.59. The predicted molar refractivity (Wildman–Crippen MR) is 73.1 cm³/mol. The molecule has 96 valence electrons. The van der Waals surface area contributed by atoms with Crippen molar-refractivity contribution in [3.05, 3.63) is 28.8 Å². The average Bonchev–Trinajstić information content (AvgIpc) is 2.34. The van der Waals surface area contributed by atoms with E-state index in [0.29, 0.717) is 5.02 Å². The predicted octanol–water partition coefficient (Wildman–Crippen LogP) is 2.09. The monoisotopic (exact) mass is 256 g/mol. The van der Waals surface area contributed by atoms with Gasteiger partial charge in [0.25, 0.3) is 0 Å². The number of hydrogen-bond acceptors (Lipinski definition) is 3. The fraction of sp³-hybridized carbons (Fsp3) is 0.538. The first-order valence-electron chi connectivity index (χ1n) is 5.95. The standard InChI is InChI=1S/C13H21ClN2O/c1-15-7-3-8-16-9-6-11-4-5-13(17-2)12(14)10-11/h4-5,10,15-16H,3,6-9H2,1-2H3. The summed E-state index contributed by atoms with van der Waals surface area (Å²) >= 11 is 6.06. The van der Waals surface area contributed by atoms with E-state index in [1.165, 1.54) is 5.56 Å². The van der Waals surface area contributed by atoms with Crippen molar-refractivity contribution in [1.29, 1.82) is 0 Å². The van der Waals surface area contributed by atoms with E-state index >= 15 is 0 Å². The van der Waals surface area contributed by atoms with Gasteiger partial charge in [0, 0.05) is 0 Å². The molecule has 0 aliphatic carbocycles.